The highest BCUT2D eigenvalue weighted by molar-refractivity contribution is 8.15. The summed E-state index contributed by atoms with van der Waals surface area (Å²) in [7, 11) is 1.58. The fraction of sp³-hybridized carbons (Fsp3) is 0.190. The van der Waals surface area contributed by atoms with E-state index in [4.69, 9.17) is 4.74 Å². The van der Waals surface area contributed by atoms with Gasteiger partial charge in [-0.05, 0) is 48.5 Å². The molecule has 1 N–H and O–H groups in total. The maximum absolute atomic E-state index is 13.0. The Morgan fingerprint density at radius 3 is 2.59 bits per heavy atom. The van der Waals surface area contributed by atoms with Crippen molar-refractivity contribution in [2.45, 2.75) is 11.7 Å². The SMILES string of the molecule is C=CCN1C(=O)[C@H](CC(=O)Nc2ccc(F)cc2)SC1=Nc1ccc(OC)cc1. The number of hydrogen-bond donors (Lipinski definition) is 1. The summed E-state index contributed by atoms with van der Waals surface area (Å²) in [6.07, 6.45) is 1.60. The maximum Gasteiger partial charge on any atom is 0.242 e. The van der Waals surface area contributed by atoms with E-state index in [0.29, 0.717) is 28.8 Å². The van der Waals surface area contributed by atoms with Gasteiger partial charge in [-0.25, -0.2) is 9.38 Å². The largest absolute Gasteiger partial charge is 0.497 e. The van der Waals surface area contributed by atoms with Crippen LogP contribution >= 0.6 is 11.8 Å². The van der Waals surface area contributed by atoms with Crippen LogP contribution in [0, 0.1) is 5.82 Å². The van der Waals surface area contributed by atoms with Crippen LogP contribution in [0.1, 0.15) is 6.42 Å². The number of halogens is 1. The molecular weight excluding hydrogens is 393 g/mol. The van der Waals surface area contributed by atoms with Crippen molar-refractivity contribution in [2.75, 3.05) is 19.0 Å². The van der Waals surface area contributed by atoms with Gasteiger partial charge in [0.05, 0.1) is 12.8 Å². The summed E-state index contributed by atoms with van der Waals surface area (Å²) in [5.74, 6) is -0.200. The van der Waals surface area contributed by atoms with Crippen LogP contribution in [0.25, 0.3) is 0 Å². The van der Waals surface area contributed by atoms with Crippen molar-refractivity contribution >= 4 is 40.1 Å². The Hall–Kier alpha value is -3.13. The molecule has 0 aliphatic carbocycles. The Bertz CT molecular complexity index is 929. The second-order valence-electron chi connectivity index (χ2n) is 6.20. The van der Waals surface area contributed by atoms with Crippen LogP contribution in [-0.2, 0) is 9.59 Å². The highest BCUT2D eigenvalue weighted by Crippen LogP contribution is 2.32. The third-order valence-corrected chi connectivity index (χ3v) is 5.30. The van der Waals surface area contributed by atoms with Crippen molar-refractivity contribution in [1.29, 1.82) is 0 Å². The second-order valence-corrected chi connectivity index (χ2v) is 7.37. The molecule has 29 heavy (non-hydrogen) atoms. The minimum atomic E-state index is -0.590. The minimum Gasteiger partial charge on any atom is -0.497 e. The fourth-order valence-corrected chi connectivity index (χ4v) is 3.87. The number of benzene rings is 2. The molecule has 1 heterocycles. The van der Waals surface area contributed by atoms with E-state index < -0.39 is 5.25 Å². The lowest BCUT2D eigenvalue weighted by atomic mass is 10.2. The normalized spacial score (nSPS) is 17.4. The summed E-state index contributed by atoms with van der Waals surface area (Å²) >= 11 is 1.24. The average molecular weight is 413 g/mol. The summed E-state index contributed by atoms with van der Waals surface area (Å²) in [5, 5.41) is 2.60. The summed E-state index contributed by atoms with van der Waals surface area (Å²) in [6, 6.07) is 12.6. The highest BCUT2D eigenvalue weighted by Gasteiger charge is 2.38. The number of aliphatic imine (C=N–C) groups is 1. The number of ether oxygens (including phenoxy) is 1. The molecule has 1 aliphatic rings. The molecule has 6 nitrogen and oxygen atoms in total. The Morgan fingerprint density at radius 2 is 1.97 bits per heavy atom. The summed E-state index contributed by atoms with van der Waals surface area (Å²) in [6.45, 7) is 3.99. The van der Waals surface area contributed by atoms with E-state index in [-0.39, 0.29) is 24.1 Å². The van der Waals surface area contributed by atoms with Gasteiger partial charge in [-0.2, -0.15) is 0 Å². The number of amidine groups is 1. The quantitative estimate of drug-likeness (QED) is 0.697. The molecule has 0 aromatic heterocycles. The topological polar surface area (TPSA) is 71.0 Å². The third kappa shape index (κ3) is 5.23. The molecule has 1 aliphatic heterocycles. The van der Waals surface area contributed by atoms with Crippen LogP contribution < -0.4 is 10.1 Å². The van der Waals surface area contributed by atoms with Crippen molar-refractivity contribution in [3.8, 4) is 5.75 Å². The van der Waals surface area contributed by atoms with Crippen LogP contribution in [0.4, 0.5) is 15.8 Å². The standard InChI is InChI=1S/C21H20FN3O3S/c1-3-12-25-20(27)18(13-19(26)23-15-6-4-14(22)5-7-15)29-21(25)24-16-8-10-17(28-2)11-9-16/h3-11,18H,1,12-13H2,2H3,(H,23,26)/t18-/m0/s1. The van der Waals surface area contributed by atoms with E-state index in [9.17, 15) is 14.0 Å². The number of nitrogens with one attached hydrogen (secondary N) is 1. The summed E-state index contributed by atoms with van der Waals surface area (Å²) < 4.78 is 18.1. The lowest BCUT2D eigenvalue weighted by Crippen LogP contribution is -2.33. The van der Waals surface area contributed by atoms with E-state index in [0.717, 1.165) is 0 Å². The fourth-order valence-electron chi connectivity index (χ4n) is 2.70. The van der Waals surface area contributed by atoms with Gasteiger partial charge in [-0.3, -0.25) is 14.5 Å². The van der Waals surface area contributed by atoms with E-state index >= 15 is 0 Å². The molecule has 0 spiro atoms. The van der Waals surface area contributed by atoms with Gasteiger partial charge in [0.15, 0.2) is 5.17 Å². The molecular formula is C21H20FN3O3S. The zero-order valence-corrected chi connectivity index (χ0v) is 16.6. The smallest absolute Gasteiger partial charge is 0.242 e. The minimum absolute atomic E-state index is 0.0177. The van der Waals surface area contributed by atoms with Crippen LogP contribution in [0.3, 0.4) is 0 Å². The Balaban J connectivity index is 1.71. The molecule has 150 valence electrons. The first-order valence-electron chi connectivity index (χ1n) is 8.87. The molecule has 3 rings (SSSR count). The molecule has 2 amide bonds. The van der Waals surface area contributed by atoms with E-state index in [2.05, 4.69) is 16.9 Å². The molecule has 0 bridgehead atoms. The molecule has 1 saturated heterocycles. The van der Waals surface area contributed by atoms with E-state index in [1.54, 1.807) is 37.5 Å². The Kier molecular flexibility index (Phi) is 6.66. The van der Waals surface area contributed by atoms with Gasteiger partial charge >= 0.3 is 0 Å². The Morgan fingerprint density at radius 1 is 1.28 bits per heavy atom. The van der Waals surface area contributed by atoms with Crippen LogP contribution in [0.5, 0.6) is 5.75 Å². The van der Waals surface area contributed by atoms with Gasteiger partial charge in [0.1, 0.15) is 16.8 Å². The number of rotatable bonds is 7. The van der Waals surface area contributed by atoms with Crippen LogP contribution in [-0.4, -0.2) is 40.8 Å². The lowest BCUT2D eigenvalue weighted by molar-refractivity contribution is -0.127. The lowest BCUT2D eigenvalue weighted by Gasteiger charge is -2.13. The van der Waals surface area contributed by atoms with Gasteiger partial charge in [0.25, 0.3) is 0 Å². The van der Waals surface area contributed by atoms with E-state index in [1.807, 2.05) is 0 Å². The summed E-state index contributed by atoms with van der Waals surface area (Å²) in [5.41, 5.74) is 1.15. The molecule has 2 aromatic carbocycles. The first-order valence-corrected chi connectivity index (χ1v) is 9.75. The van der Waals surface area contributed by atoms with Crippen molar-refractivity contribution in [1.82, 2.24) is 4.90 Å². The molecule has 0 unspecified atom stereocenters. The predicted octanol–water partition coefficient (Wildman–Crippen LogP) is 3.98. The number of hydrogen-bond acceptors (Lipinski definition) is 5. The number of thioether (sulfide) groups is 1. The van der Waals surface area contributed by atoms with Gasteiger partial charge in [0.2, 0.25) is 11.8 Å². The summed E-state index contributed by atoms with van der Waals surface area (Å²) in [4.78, 5) is 31.1. The number of carbonyl (C=O) groups excluding carboxylic acids is 2. The van der Waals surface area contributed by atoms with Gasteiger partial charge in [-0.15, -0.1) is 6.58 Å². The first-order chi connectivity index (χ1) is 14.0. The first kappa shape index (κ1) is 20.6. The third-order valence-electron chi connectivity index (χ3n) is 4.13. The number of amides is 2. The van der Waals surface area contributed by atoms with Gasteiger partial charge in [0, 0.05) is 18.7 Å². The zero-order chi connectivity index (χ0) is 20.8. The van der Waals surface area contributed by atoms with Crippen LogP contribution in [0.15, 0.2) is 66.2 Å². The number of methoxy groups -OCH3 is 1. The van der Waals surface area contributed by atoms with Crippen molar-refractivity contribution in [3.05, 3.63) is 67.0 Å². The average Bonchev–Trinajstić information content (AvgIpc) is 2.99. The molecule has 1 atom stereocenters. The van der Waals surface area contributed by atoms with Crippen molar-refractivity contribution in [2.24, 2.45) is 4.99 Å². The molecule has 2 aromatic rings. The van der Waals surface area contributed by atoms with Gasteiger partial charge < -0.3 is 10.1 Å². The molecule has 0 radical (unpaired) electrons. The number of carbonyl (C=O) groups is 2. The van der Waals surface area contributed by atoms with Crippen LogP contribution in [0.2, 0.25) is 0 Å². The van der Waals surface area contributed by atoms with Crippen molar-refractivity contribution < 1.29 is 18.7 Å². The monoisotopic (exact) mass is 413 g/mol. The number of nitrogens with zero attached hydrogens (tertiary/aromatic N) is 2. The zero-order valence-electron chi connectivity index (χ0n) is 15.8. The maximum atomic E-state index is 13.0. The predicted molar refractivity (Wildman–Crippen MR) is 113 cm³/mol. The van der Waals surface area contributed by atoms with Gasteiger partial charge in [-0.1, -0.05) is 17.8 Å². The number of anilines is 1. The molecule has 8 heteroatoms. The Labute approximate surface area is 172 Å². The molecule has 0 saturated carbocycles. The molecule has 1 fully saturated rings. The second kappa shape index (κ2) is 9.38. The van der Waals surface area contributed by atoms with Crippen molar-refractivity contribution in [3.63, 3.8) is 0 Å². The highest BCUT2D eigenvalue weighted by atomic mass is 32.2. The van der Waals surface area contributed by atoms with E-state index in [1.165, 1.54) is 40.9 Å².